The zero-order valence-electron chi connectivity index (χ0n) is 18.0. The largest absolute Gasteiger partial charge is 0.416 e. The van der Waals surface area contributed by atoms with Crippen molar-refractivity contribution in [1.82, 2.24) is 5.32 Å². The second-order valence-corrected chi connectivity index (χ2v) is 8.52. The molecule has 3 rings (SSSR count). The number of guanidine groups is 1. The Morgan fingerprint density at radius 1 is 1.18 bits per heavy atom. The number of benzene rings is 2. The normalized spacial score (nSPS) is 16.5. The van der Waals surface area contributed by atoms with E-state index in [2.05, 4.69) is 15.6 Å². The number of alkyl halides is 3. The van der Waals surface area contributed by atoms with E-state index >= 15 is 0 Å². The van der Waals surface area contributed by atoms with Crippen LogP contribution in [0.2, 0.25) is 10.0 Å². The van der Waals surface area contributed by atoms with E-state index in [0.29, 0.717) is 30.6 Å². The molecule has 1 saturated heterocycles. The van der Waals surface area contributed by atoms with E-state index in [1.165, 1.54) is 19.1 Å². The molecule has 0 radical (unpaired) electrons. The lowest BCUT2D eigenvalue weighted by molar-refractivity contribution is -0.137. The van der Waals surface area contributed by atoms with Crippen LogP contribution in [0.1, 0.15) is 30.9 Å². The second kappa shape index (κ2) is 10.5. The number of amides is 2. The summed E-state index contributed by atoms with van der Waals surface area (Å²) in [7, 11) is 0. The van der Waals surface area contributed by atoms with Gasteiger partial charge in [0.05, 0.1) is 27.8 Å². The first-order chi connectivity index (χ1) is 16.0. The van der Waals surface area contributed by atoms with Crippen molar-refractivity contribution in [3.63, 3.8) is 0 Å². The van der Waals surface area contributed by atoms with Crippen molar-refractivity contribution < 1.29 is 22.8 Å². The van der Waals surface area contributed by atoms with Gasteiger partial charge in [-0.25, -0.2) is 4.99 Å². The molecule has 1 aliphatic heterocycles. The molecule has 1 atom stereocenters. The molecule has 2 aromatic rings. The molecule has 1 aliphatic rings. The summed E-state index contributed by atoms with van der Waals surface area (Å²) in [6, 6.07) is 7.24. The minimum absolute atomic E-state index is 0.0686. The number of hydrogen-bond donors (Lipinski definition) is 3. The Hall–Kier alpha value is -2.98. The Morgan fingerprint density at radius 2 is 1.79 bits per heavy atom. The molecule has 0 spiro atoms. The number of nitrogens with two attached hydrogens (primary N) is 1. The highest BCUT2D eigenvalue weighted by atomic mass is 35.5. The number of nitrogens with zero attached hydrogens (tertiary/aromatic N) is 2. The Balaban J connectivity index is 1.65. The average Bonchev–Trinajstić information content (AvgIpc) is 3.24. The first-order valence-corrected chi connectivity index (χ1v) is 11.0. The lowest BCUT2D eigenvalue weighted by Crippen LogP contribution is -2.48. The van der Waals surface area contributed by atoms with Gasteiger partial charge in [0.1, 0.15) is 6.04 Å². The third kappa shape index (κ3) is 6.32. The first-order valence-electron chi connectivity index (χ1n) is 10.3. The summed E-state index contributed by atoms with van der Waals surface area (Å²) in [4.78, 5) is 29.9. The number of carbonyl (C=O) groups is 2. The lowest BCUT2D eigenvalue weighted by atomic mass is 10.1. The van der Waals surface area contributed by atoms with Gasteiger partial charge in [-0.2, -0.15) is 13.2 Å². The summed E-state index contributed by atoms with van der Waals surface area (Å²) < 4.78 is 38.5. The van der Waals surface area contributed by atoms with Crippen LogP contribution in [-0.2, 0) is 22.3 Å². The number of rotatable bonds is 5. The molecule has 4 N–H and O–H groups in total. The minimum Gasteiger partial charge on any atom is -0.370 e. The third-order valence-corrected chi connectivity index (χ3v) is 5.76. The highest BCUT2D eigenvalue weighted by molar-refractivity contribution is 6.39. The van der Waals surface area contributed by atoms with Gasteiger partial charge in [-0.05, 0) is 54.8 Å². The van der Waals surface area contributed by atoms with Gasteiger partial charge in [0.15, 0.2) is 5.96 Å². The highest BCUT2D eigenvalue weighted by Crippen LogP contribution is 2.33. The van der Waals surface area contributed by atoms with Crippen LogP contribution < -0.4 is 21.3 Å². The SMILES string of the molecule is CC(=O)Nc1c(Cl)cc(CN=C(N)NC(=O)[C@@H]2CCCN2c2ccc(C(F)(F)F)cc2)cc1Cl. The summed E-state index contributed by atoms with van der Waals surface area (Å²) in [6.07, 6.45) is -3.20. The van der Waals surface area contributed by atoms with Gasteiger partial charge in [-0.3, -0.25) is 14.9 Å². The van der Waals surface area contributed by atoms with Crippen molar-refractivity contribution >= 4 is 52.4 Å². The minimum atomic E-state index is -4.43. The van der Waals surface area contributed by atoms with Crippen molar-refractivity contribution in [3.8, 4) is 0 Å². The number of hydrogen-bond acceptors (Lipinski definition) is 4. The Bertz CT molecular complexity index is 1080. The molecular formula is C22H22Cl2F3N5O2. The van der Waals surface area contributed by atoms with E-state index in [1.54, 1.807) is 17.0 Å². The van der Waals surface area contributed by atoms with Gasteiger partial charge >= 0.3 is 6.18 Å². The van der Waals surface area contributed by atoms with Crippen LogP contribution in [0.15, 0.2) is 41.4 Å². The van der Waals surface area contributed by atoms with Gasteiger partial charge in [0.2, 0.25) is 11.8 Å². The molecule has 0 bridgehead atoms. The van der Waals surface area contributed by atoms with Gasteiger partial charge < -0.3 is 16.0 Å². The fraction of sp³-hybridized carbons (Fsp3) is 0.318. The molecule has 2 aromatic carbocycles. The summed E-state index contributed by atoms with van der Waals surface area (Å²) in [5.74, 6) is -0.850. The number of halogens is 5. The number of aliphatic imine (C=N–C) groups is 1. The smallest absolute Gasteiger partial charge is 0.370 e. The van der Waals surface area contributed by atoms with E-state index in [4.69, 9.17) is 28.9 Å². The molecule has 12 heteroatoms. The molecule has 0 unspecified atom stereocenters. The topological polar surface area (TPSA) is 99.8 Å². The van der Waals surface area contributed by atoms with Crippen molar-refractivity contribution in [3.05, 3.63) is 57.6 Å². The predicted octanol–water partition coefficient (Wildman–Crippen LogP) is 4.57. The van der Waals surface area contributed by atoms with E-state index in [9.17, 15) is 22.8 Å². The van der Waals surface area contributed by atoms with Gasteiger partial charge in [0, 0.05) is 19.2 Å². The zero-order valence-corrected chi connectivity index (χ0v) is 19.6. The van der Waals surface area contributed by atoms with Crippen molar-refractivity contribution in [2.75, 3.05) is 16.8 Å². The molecule has 0 saturated carbocycles. The van der Waals surface area contributed by atoms with Gasteiger partial charge in [0.25, 0.3) is 0 Å². The summed E-state index contributed by atoms with van der Waals surface area (Å²) in [6.45, 7) is 1.93. The fourth-order valence-electron chi connectivity index (χ4n) is 3.63. The van der Waals surface area contributed by atoms with E-state index in [0.717, 1.165) is 12.1 Å². The van der Waals surface area contributed by atoms with Crippen molar-refractivity contribution in [2.45, 2.75) is 38.5 Å². The summed E-state index contributed by atoms with van der Waals surface area (Å²) in [5.41, 5.74) is 6.52. The predicted molar refractivity (Wildman–Crippen MR) is 126 cm³/mol. The standard InChI is InChI=1S/C22H22Cl2F3N5O2/c1-12(33)30-19-16(23)9-13(10-17(19)24)11-29-21(28)31-20(34)18-3-2-8-32(18)15-6-4-14(5-7-15)22(25,26)27/h4-7,9-10,18H,2-3,8,11H2,1H3,(H,30,33)(H3,28,29,31,34)/t18-/m0/s1. The molecule has 182 valence electrons. The van der Waals surface area contributed by atoms with Gasteiger partial charge in [-0.15, -0.1) is 0 Å². The van der Waals surface area contributed by atoms with Crippen molar-refractivity contribution in [1.29, 1.82) is 0 Å². The van der Waals surface area contributed by atoms with E-state index in [1.807, 2.05) is 0 Å². The summed E-state index contributed by atoms with van der Waals surface area (Å²) in [5, 5.41) is 5.54. The number of nitrogens with one attached hydrogen (secondary N) is 2. The molecule has 0 aliphatic carbocycles. The van der Waals surface area contributed by atoms with Crippen LogP contribution in [0.4, 0.5) is 24.5 Å². The maximum absolute atomic E-state index is 12.8. The maximum Gasteiger partial charge on any atom is 0.416 e. The fourth-order valence-corrected chi connectivity index (χ4v) is 4.25. The maximum atomic E-state index is 12.8. The van der Waals surface area contributed by atoms with E-state index < -0.39 is 23.7 Å². The van der Waals surface area contributed by atoms with Crippen LogP contribution in [0, 0.1) is 0 Å². The molecule has 1 fully saturated rings. The Kier molecular flexibility index (Phi) is 7.93. The van der Waals surface area contributed by atoms with Gasteiger partial charge in [-0.1, -0.05) is 23.2 Å². The third-order valence-electron chi connectivity index (χ3n) is 5.17. The van der Waals surface area contributed by atoms with Crippen LogP contribution in [0.3, 0.4) is 0 Å². The molecule has 34 heavy (non-hydrogen) atoms. The van der Waals surface area contributed by atoms with Crippen LogP contribution in [-0.4, -0.2) is 30.4 Å². The lowest BCUT2D eigenvalue weighted by Gasteiger charge is -2.26. The quantitative estimate of drug-likeness (QED) is 0.401. The Morgan fingerprint density at radius 3 is 2.35 bits per heavy atom. The average molecular weight is 516 g/mol. The Labute approximate surface area is 204 Å². The molecular weight excluding hydrogens is 494 g/mol. The molecule has 0 aromatic heterocycles. The molecule has 1 heterocycles. The zero-order chi connectivity index (χ0) is 25.0. The monoisotopic (exact) mass is 515 g/mol. The molecule has 7 nitrogen and oxygen atoms in total. The van der Waals surface area contributed by atoms with Crippen LogP contribution in [0.5, 0.6) is 0 Å². The second-order valence-electron chi connectivity index (χ2n) is 7.70. The van der Waals surface area contributed by atoms with Crippen LogP contribution in [0.25, 0.3) is 0 Å². The van der Waals surface area contributed by atoms with Crippen LogP contribution >= 0.6 is 23.2 Å². The number of anilines is 2. The molecule has 2 amide bonds. The van der Waals surface area contributed by atoms with E-state index in [-0.39, 0.29) is 34.1 Å². The van der Waals surface area contributed by atoms with Crippen molar-refractivity contribution in [2.24, 2.45) is 10.7 Å². The number of carbonyl (C=O) groups excluding carboxylic acids is 2. The highest BCUT2D eigenvalue weighted by Gasteiger charge is 2.33. The first kappa shape index (κ1) is 25.6. The summed E-state index contributed by atoms with van der Waals surface area (Å²) >= 11 is 12.3.